The molecule has 3 N–H and O–H groups in total. The summed E-state index contributed by atoms with van der Waals surface area (Å²) in [5.41, 5.74) is 6.64. The van der Waals surface area contributed by atoms with E-state index in [2.05, 4.69) is 22.1 Å². The maximum absolute atomic E-state index is 12.1. The van der Waals surface area contributed by atoms with E-state index in [4.69, 9.17) is 5.73 Å². The molecule has 96 valence electrons. The molecule has 17 heavy (non-hydrogen) atoms. The summed E-state index contributed by atoms with van der Waals surface area (Å²) in [4.78, 5) is 12.1. The minimum atomic E-state index is -0.380. The fourth-order valence-corrected chi connectivity index (χ4v) is 2.60. The van der Waals surface area contributed by atoms with Gasteiger partial charge in [0.15, 0.2) is 0 Å². The highest BCUT2D eigenvalue weighted by atomic mass is 32.1. The summed E-state index contributed by atoms with van der Waals surface area (Å²) < 4.78 is 0. The smallest absolute Gasteiger partial charge is 0.227 e. The molecule has 4 heteroatoms. The number of nitrogens with one attached hydrogen (secondary N) is 1. The summed E-state index contributed by atoms with van der Waals surface area (Å²) in [6, 6.07) is 2.09. The number of carbonyl (C=O) groups is 1. The van der Waals surface area contributed by atoms with Gasteiger partial charge in [0, 0.05) is 13.1 Å². The van der Waals surface area contributed by atoms with Gasteiger partial charge < -0.3 is 11.1 Å². The molecule has 0 aliphatic rings. The first kappa shape index (κ1) is 14.2. The molecule has 0 bridgehead atoms. The second kappa shape index (κ2) is 6.77. The first-order valence-electron chi connectivity index (χ1n) is 6.18. The van der Waals surface area contributed by atoms with Crippen LogP contribution < -0.4 is 11.1 Å². The molecule has 0 atom stereocenters. The lowest BCUT2D eigenvalue weighted by Crippen LogP contribution is -2.45. The number of carbonyl (C=O) groups excluding carboxylic acids is 1. The van der Waals surface area contributed by atoms with Crippen LogP contribution in [0.5, 0.6) is 0 Å². The third-order valence-corrected chi connectivity index (χ3v) is 4.24. The zero-order valence-corrected chi connectivity index (χ0v) is 11.5. The number of nitrogens with two attached hydrogens (primary N) is 1. The Hall–Kier alpha value is -0.870. The number of thiophene rings is 1. The molecule has 3 nitrogen and oxygen atoms in total. The van der Waals surface area contributed by atoms with Crippen LogP contribution in [-0.4, -0.2) is 19.0 Å². The van der Waals surface area contributed by atoms with Gasteiger partial charge in [0.2, 0.25) is 5.91 Å². The van der Waals surface area contributed by atoms with E-state index in [0.29, 0.717) is 13.1 Å². The van der Waals surface area contributed by atoms with Gasteiger partial charge in [-0.05, 0) is 41.7 Å². The highest BCUT2D eigenvalue weighted by Crippen LogP contribution is 2.24. The quantitative estimate of drug-likeness (QED) is 0.783. The van der Waals surface area contributed by atoms with E-state index in [9.17, 15) is 4.79 Å². The van der Waals surface area contributed by atoms with E-state index in [-0.39, 0.29) is 11.3 Å². The predicted molar refractivity (Wildman–Crippen MR) is 73.1 cm³/mol. The maximum atomic E-state index is 12.1. The Labute approximate surface area is 107 Å². The highest BCUT2D eigenvalue weighted by molar-refractivity contribution is 7.07. The van der Waals surface area contributed by atoms with Crippen molar-refractivity contribution in [3.63, 3.8) is 0 Å². The van der Waals surface area contributed by atoms with Gasteiger partial charge >= 0.3 is 0 Å². The summed E-state index contributed by atoms with van der Waals surface area (Å²) >= 11 is 1.68. The molecular weight excluding hydrogens is 232 g/mol. The second-order valence-electron chi connectivity index (χ2n) is 4.33. The van der Waals surface area contributed by atoms with E-state index in [1.165, 1.54) is 5.56 Å². The van der Waals surface area contributed by atoms with Crippen molar-refractivity contribution in [3.05, 3.63) is 22.4 Å². The predicted octanol–water partition coefficient (Wildman–Crippen LogP) is 2.17. The van der Waals surface area contributed by atoms with Crippen molar-refractivity contribution in [1.29, 1.82) is 0 Å². The van der Waals surface area contributed by atoms with Crippen molar-refractivity contribution in [1.82, 2.24) is 5.32 Å². The lowest BCUT2D eigenvalue weighted by Gasteiger charge is -2.28. The highest BCUT2D eigenvalue weighted by Gasteiger charge is 2.32. The van der Waals surface area contributed by atoms with Gasteiger partial charge in [-0.3, -0.25) is 4.79 Å². The van der Waals surface area contributed by atoms with Crippen LogP contribution in [-0.2, 0) is 11.2 Å². The summed E-state index contributed by atoms with van der Waals surface area (Å²) in [5.74, 6) is 0.0974. The normalized spacial score (nSPS) is 11.5. The molecule has 1 rings (SSSR count). The first-order chi connectivity index (χ1) is 8.18. The van der Waals surface area contributed by atoms with Gasteiger partial charge in [0.25, 0.3) is 0 Å². The van der Waals surface area contributed by atoms with Gasteiger partial charge in [-0.15, -0.1) is 0 Å². The molecular formula is C13H22N2OS. The average Bonchev–Trinajstić information content (AvgIpc) is 2.85. The van der Waals surface area contributed by atoms with Crippen LogP contribution in [0.25, 0.3) is 0 Å². The van der Waals surface area contributed by atoms with E-state index in [1.54, 1.807) is 11.3 Å². The van der Waals surface area contributed by atoms with Gasteiger partial charge in [-0.1, -0.05) is 13.8 Å². The van der Waals surface area contributed by atoms with Gasteiger partial charge in [-0.25, -0.2) is 0 Å². The SMILES string of the molecule is CCC(CC)(CN)C(=O)NCCc1ccsc1. The van der Waals surface area contributed by atoms with Crippen LogP contribution in [0.15, 0.2) is 16.8 Å². The molecule has 0 saturated carbocycles. The van der Waals surface area contributed by atoms with Crippen molar-refractivity contribution in [2.24, 2.45) is 11.1 Å². The molecule has 1 heterocycles. The molecule has 1 aromatic heterocycles. The molecule has 0 aliphatic heterocycles. The molecule has 0 aromatic carbocycles. The third-order valence-electron chi connectivity index (χ3n) is 3.51. The van der Waals surface area contributed by atoms with Crippen LogP contribution in [0.3, 0.4) is 0 Å². The molecule has 1 aromatic rings. The van der Waals surface area contributed by atoms with Crippen molar-refractivity contribution < 1.29 is 4.79 Å². The summed E-state index contributed by atoms with van der Waals surface area (Å²) in [7, 11) is 0. The number of hydrogen-bond donors (Lipinski definition) is 2. The Morgan fingerprint density at radius 3 is 2.65 bits per heavy atom. The van der Waals surface area contributed by atoms with Gasteiger partial charge in [0.1, 0.15) is 0 Å². The zero-order chi connectivity index (χ0) is 12.7. The van der Waals surface area contributed by atoms with Crippen LogP contribution >= 0.6 is 11.3 Å². The van der Waals surface area contributed by atoms with Gasteiger partial charge in [-0.2, -0.15) is 11.3 Å². The maximum Gasteiger partial charge on any atom is 0.227 e. The number of rotatable bonds is 7. The zero-order valence-electron chi connectivity index (χ0n) is 10.7. The number of hydrogen-bond acceptors (Lipinski definition) is 3. The third kappa shape index (κ3) is 3.54. The Morgan fingerprint density at radius 1 is 1.47 bits per heavy atom. The second-order valence-corrected chi connectivity index (χ2v) is 5.11. The molecule has 0 aliphatic carbocycles. The lowest BCUT2D eigenvalue weighted by molar-refractivity contribution is -0.131. The van der Waals surface area contributed by atoms with Crippen LogP contribution in [0.2, 0.25) is 0 Å². The van der Waals surface area contributed by atoms with Crippen LogP contribution in [0, 0.1) is 5.41 Å². The Kier molecular flexibility index (Phi) is 5.65. The topological polar surface area (TPSA) is 55.1 Å². The Morgan fingerprint density at radius 2 is 2.18 bits per heavy atom. The summed E-state index contributed by atoms with van der Waals surface area (Å²) in [6.07, 6.45) is 2.48. The minimum Gasteiger partial charge on any atom is -0.355 e. The fraction of sp³-hybridized carbons (Fsp3) is 0.615. The van der Waals surface area contributed by atoms with E-state index in [1.807, 2.05) is 13.8 Å². The van der Waals surface area contributed by atoms with E-state index in [0.717, 1.165) is 19.3 Å². The molecule has 0 spiro atoms. The molecule has 0 radical (unpaired) electrons. The molecule has 1 amide bonds. The minimum absolute atomic E-state index is 0.0974. The van der Waals surface area contributed by atoms with Crippen molar-refractivity contribution >= 4 is 17.2 Å². The van der Waals surface area contributed by atoms with Crippen molar-refractivity contribution in [3.8, 4) is 0 Å². The average molecular weight is 254 g/mol. The summed E-state index contributed by atoms with van der Waals surface area (Å²) in [5, 5.41) is 7.17. The van der Waals surface area contributed by atoms with Gasteiger partial charge in [0.05, 0.1) is 5.41 Å². The van der Waals surface area contributed by atoms with Crippen LogP contribution in [0.1, 0.15) is 32.3 Å². The molecule has 0 saturated heterocycles. The van der Waals surface area contributed by atoms with E-state index >= 15 is 0 Å². The lowest BCUT2D eigenvalue weighted by atomic mass is 9.81. The summed E-state index contributed by atoms with van der Waals surface area (Å²) in [6.45, 7) is 5.16. The van der Waals surface area contributed by atoms with E-state index < -0.39 is 0 Å². The standard InChI is InChI=1S/C13H22N2OS/c1-3-13(4-2,10-14)12(16)15-7-5-11-6-8-17-9-11/h6,8-9H,3-5,7,10,14H2,1-2H3,(H,15,16). The van der Waals surface area contributed by atoms with Crippen molar-refractivity contribution in [2.45, 2.75) is 33.1 Å². The fourth-order valence-electron chi connectivity index (χ4n) is 1.90. The Balaban J connectivity index is 2.42. The molecule has 0 fully saturated rings. The van der Waals surface area contributed by atoms with Crippen LogP contribution in [0.4, 0.5) is 0 Å². The Bertz CT molecular complexity index is 323. The van der Waals surface area contributed by atoms with Crippen molar-refractivity contribution in [2.75, 3.05) is 13.1 Å². The molecule has 0 unspecified atom stereocenters. The monoisotopic (exact) mass is 254 g/mol. The largest absolute Gasteiger partial charge is 0.355 e. The number of amides is 1. The first-order valence-corrected chi connectivity index (χ1v) is 7.12.